The van der Waals surface area contributed by atoms with Crippen LogP contribution in [0.15, 0.2) is 11.6 Å². The highest BCUT2D eigenvalue weighted by Crippen LogP contribution is 2.67. The highest BCUT2D eigenvalue weighted by molar-refractivity contribution is 7.90. The molecule has 4 unspecified atom stereocenters. The van der Waals surface area contributed by atoms with E-state index in [1.807, 2.05) is 0 Å². The number of alkyl carbamates (subject to hydrolysis) is 1. The third-order valence-corrected chi connectivity index (χ3v) is 12.6. The molecule has 40 heavy (non-hydrogen) atoms. The van der Waals surface area contributed by atoms with Crippen LogP contribution < -0.4 is 5.32 Å². The number of hydrogen-bond donors (Lipinski definition) is 2. The molecule has 4 aliphatic carbocycles. The molecule has 0 bridgehead atoms. The zero-order valence-electron chi connectivity index (χ0n) is 25.3. The number of carbonyl (C=O) groups excluding carboxylic acids is 1. The van der Waals surface area contributed by atoms with E-state index in [-0.39, 0.29) is 34.2 Å². The SMILES string of the molecule is CC(C)CCC[C@@H](C)[C@H]1CCC2C3CC=C4CC(OC(=O)NCCC(=S)C(=S)C(=O)O)CC[C@]4(C)C3CC[C@@]21C. The molecule has 0 aromatic carbocycles. The molecule has 2 N–H and O–H groups in total. The van der Waals surface area contributed by atoms with Gasteiger partial charge in [-0.2, -0.15) is 0 Å². The number of carboxylic acid groups (broad SMARTS) is 1. The summed E-state index contributed by atoms with van der Waals surface area (Å²) in [7, 11) is 0. The van der Waals surface area contributed by atoms with E-state index in [4.69, 9.17) is 34.3 Å². The van der Waals surface area contributed by atoms with Gasteiger partial charge in [-0.1, -0.05) is 90.0 Å². The van der Waals surface area contributed by atoms with Crippen molar-refractivity contribution in [2.75, 3.05) is 6.54 Å². The van der Waals surface area contributed by atoms with Crippen molar-refractivity contribution >= 4 is 46.2 Å². The summed E-state index contributed by atoms with van der Waals surface area (Å²) >= 11 is 9.84. The fourth-order valence-electron chi connectivity index (χ4n) is 9.46. The third kappa shape index (κ3) is 6.50. The summed E-state index contributed by atoms with van der Waals surface area (Å²) in [5, 5.41) is 11.7. The maximum absolute atomic E-state index is 12.5. The van der Waals surface area contributed by atoms with Gasteiger partial charge in [0.05, 0.1) is 0 Å². The lowest BCUT2D eigenvalue weighted by atomic mass is 9.47. The van der Waals surface area contributed by atoms with Gasteiger partial charge in [-0.25, -0.2) is 9.59 Å². The smallest absolute Gasteiger partial charge is 0.407 e. The maximum Gasteiger partial charge on any atom is 0.407 e. The fourth-order valence-corrected chi connectivity index (χ4v) is 9.75. The lowest BCUT2D eigenvalue weighted by Crippen LogP contribution is -2.51. The van der Waals surface area contributed by atoms with E-state index in [1.165, 1.54) is 56.9 Å². The van der Waals surface area contributed by atoms with Crippen LogP contribution in [0.1, 0.15) is 112 Å². The van der Waals surface area contributed by atoms with Gasteiger partial charge in [-0.3, -0.25) is 0 Å². The summed E-state index contributed by atoms with van der Waals surface area (Å²) in [5.41, 5.74) is 2.22. The summed E-state index contributed by atoms with van der Waals surface area (Å²) in [5.74, 6) is 3.70. The Bertz CT molecular complexity index is 1020. The molecule has 0 aromatic heterocycles. The van der Waals surface area contributed by atoms with Gasteiger partial charge in [-0.15, -0.1) is 0 Å². The van der Waals surface area contributed by atoms with Gasteiger partial charge in [-0.05, 0) is 91.3 Å². The van der Waals surface area contributed by atoms with Crippen molar-refractivity contribution in [3.63, 3.8) is 0 Å². The first-order chi connectivity index (χ1) is 18.9. The number of aliphatic carboxylic acids is 1. The normalized spacial score (nSPS) is 35.5. The van der Waals surface area contributed by atoms with Crippen molar-refractivity contribution in [1.82, 2.24) is 5.32 Å². The monoisotopic (exact) mass is 589 g/mol. The van der Waals surface area contributed by atoms with Crippen LogP contribution in [-0.2, 0) is 9.53 Å². The molecule has 224 valence electrons. The van der Waals surface area contributed by atoms with Crippen LogP contribution in [-0.4, -0.2) is 39.5 Å². The Morgan fingerprint density at radius 3 is 2.52 bits per heavy atom. The molecule has 3 fully saturated rings. The first kappa shape index (κ1) is 31.6. The Kier molecular flexibility index (Phi) is 10.2. The molecule has 8 atom stereocenters. The average Bonchev–Trinajstić information content (AvgIpc) is 3.25. The second kappa shape index (κ2) is 12.9. The largest absolute Gasteiger partial charge is 0.477 e. The van der Waals surface area contributed by atoms with Crippen molar-refractivity contribution in [2.45, 2.75) is 118 Å². The number of fused-ring (bicyclic) bond motifs is 5. The van der Waals surface area contributed by atoms with Crippen molar-refractivity contribution in [2.24, 2.45) is 46.3 Å². The molecule has 0 radical (unpaired) electrons. The van der Waals surface area contributed by atoms with Gasteiger partial charge >= 0.3 is 12.1 Å². The molecule has 0 spiro atoms. The molecule has 0 heterocycles. The summed E-state index contributed by atoms with van der Waals surface area (Å²) in [6.45, 7) is 12.6. The summed E-state index contributed by atoms with van der Waals surface area (Å²) in [6.07, 6.45) is 15.8. The minimum atomic E-state index is -1.20. The molecule has 4 aliphatic rings. The van der Waals surface area contributed by atoms with Gasteiger partial charge in [0.1, 0.15) is 11.0 Å². The van der Waals surface area contributed by atoms with E-state index >= 15 is 0 Å². The van der Waals surface area contributed by atoms with Crippen LogP contribution >= 0.6 is 24.4 Å². The number of carboxylic acids is 1. The molecular formula is C33H51NO4S2. The molecule has 1 amide bonds. The zero-order valence-corrected chi connectivity index (χ0v) is 26.9. The predicted molar refractivity (Wildman–Crippen MR) is 169 cm³/mol. The van der Waals surface area contributed by atoms with Crippen LogP contribution in [0.4, 0.5) is 4.79 Å². The average molecular weight is 590 g/mol. The molecule has 5 nitrogen and oxygen atoms in total. The topological polar surface area (TPSA) is 75.6 Å². The molecule has 7 heteroatoms. The van der Waals surface area contributed by atoms with Crippen molar-refractivity contribution < 1.29 is 19.4 Å². The quantitative estimate of drug-likeness (QED) is 0.186. The van der Waals surface area contributed by atoms with Crippen molar-refractivity contribution in [3.05, 3.63) is 11.6 Å². The second-order valence-electron chi connectivity index (χ2n) is 14.3. The zero-order chi connectivity index (χ0) is 29.2. The van der Waals surface area contributed by atoms with E-state index in [2.05, 4.69) is 46.0 Å². The maximum atomic E-state index is 12.5. The van der Waals surface area contributed by atoms with Crippen molar-refractivity contribution in [3.8, 4) is 0 Å². The number of hydrogen-bond acceptors (Lipinski definition) is 5. The first-order valence-corrected chi connectivity index (χ1v) is 16.6. The van der Waals surface area contributed by atoms with Gasteiger partial charge in [0, 0.05) is 24.3 Å². The van der Waals surface area contributed by atoms with E-state index in [1.54, 1.807) is 0 Å². The van der Waals surface area contributed by atoms with Crippen LogP contribution in [0.25, 0.3) is 0 Å². The number of nitrogens with one attached hydrogen (secondary N) is 1. The van der Waals surface area contributed by atoms with Crippen LogP contribution in [0.2, 0.25) is 0 Å². The predicted octanol–water partition coefficient (Wildman–Crippen LogP) is 8.34. The van der Waals surface area contributed by atoms with Gasteiger partial charge in [0.25, 0.3) is 0 Å². The van der Waals surface area contributed by atoms with Crippen LogP contribution in [0.5, 0.6) is 0 Å². The molecule has 0 aromatic rings. The minimum Gasteiger partial charge on any atom is -0.477 e. The Labute approximate surface area is 252 Å². The summed E-state index contributed by atoms with van der Waals surface area (Å²) < 4.78 is 5.80. The highest BCUT2D eigenvalue weighted by Gasteiger charge is 2.59. The number of allylic oxidation sites excluding steroid dienone is 1. The van der Waals surface area contributed by atoms with Crippen LogP contribution in [0.3, 0.4) is 0 Å². The highest BCUT2D eigenvalue weighted by atomic mass is 32.1. The number of ether oxygens (including phenoxy) is 1. The Balaban J connectivity index is 1.32. The summed E-state index contributed by atoms with van der Waals surface area (Å²) in [4.78, 5) is 23.3. The Morgan fingerprint density at radius 1 is 1.07 bits per heavy atom. The van der Waals surface area contributed by atoms with E-state index in [0.717, 1.165) is 54.8 Å². The Morgan fingerprint density at radius 2 is 1.82 bits per heavy atom. The Hall–Kier alpha value is -1.34. The number of carbonyl (C=O) groups is 2. The number of rotatable bonds is 11. The standard InChI is InChI=1S/C33H51NO4S2/c1-20(2)7-6-8-21(3)25-11-12-26-24-10-9-22-19-23(13-16-32(22,4)27(24)14-17-33(25,26)5)38-31(37)34-18-15-28(39)29(40)30(35)36/h9,20-21,23-27H,6-8,10-19H2,1-5H3,(H,34,37)(H,35,36)/t21-,23?,24?,25-,26?,27?,32+,33-/m1/s1. The lowest BCUT2D eigenvalue weighted by molar-refractivity contribution is -0.128. The van der Waals surface area contributed by atoms with Crippen LogP contribution in [0, 0.1) is 46.3 Å². The van der Waals surface area contributed by atoms with Crippen molar-refractivity contribution in [1.29, 1.82) is 0 Å². The minimum absolute atomic E-state index is 0.112. The molecule has 3 saturated carbocycles. The fraction of sp³-hybridized carbons (Fsp3) is 0.818. The number of amides is 1. The third-order valence-electron chi connectivity index (χ3n) is 11.6. The molecule has 4 rings (SSSR count). The van der Waals surface area contributed by atoms with Gasteiger partial charge < -0.3 is 15.2 Å². The van der Waals surface area contributed by atoms with E-state index in [9.17, 15) is 9.59 Å². The first-order valence-electron chi connectivity index (χ1n) is 15.8. The second-order valence-corrected chi connectivity index (χ2v) is 15.2. The summed E-state index contributed by atoms with van der Waals surface area (Å²) in [6, 6.07) is 0. The van der Waals surface area contributed by atoms with E-state index in [0.29, 0.717) is 5.41 Å². The molecule has 0 aliphatic heterocycles. The molecular weight excluding hydrogens is 539 g/mol. The molecule has 0 saturated heterocycles. The van der Waals surface area contributed by atoms with E-state index < -0.39 is 12.1 Å². The van der Waals surface area contributed by atoms with Gasteiger partial charge in [0.2, 0.25) is 0 Å². The van der Waals surface area contributed by atoms with Gasteiger partial charge in [0.15, 0.2) is 0 Å². The lowest BCUT2D eigenvalue weighted by Gasteiger charge is -2.58. The number of thiocarbonyl (C=S) groups is 2.